The predicted molar refractivity (Wildman–Crippen MR) is 71.8 cm³/mol. The molecule has 0 aromatic rings. The number of hydrogen-bond donors (Lipinski definition) is 1. The van der Waals surface area contributed by atoms with Gasteiger partial charge in [-0.1, -0.05) is 33.6 Å². The number of piperidine rings is 1. The Labute approximate surface area is 102 Å². The number of hydrogen-bond acceptors (Lipinski definition) is 2. The molecule has 0 bridgehead atoms. The van der Waals surface area contributed by atoms with Crippen molar-refractivity contribution in [2.24, 2.45) is 5.41 Å². The molecule has 1 saturated heterocycles. The number of nitrogens with one attached hydrogen (secondary N) is 1. The Hall–Kier alpha value is -0.0800. The Bertz CT molecular complexity index is 168. The lowest BCUT2D eigenvalue weighted by Gasteiger charge is -2.36. The van der Waals surface area contributed by atoms with E-state index in [0.29, 0.717) is 5.41 Å². The van der Waals surface area contributed by atoms with Gasteiger partial charge in [0.25, 0.3) is 0 Å². The molecule has 1 heterocycles. The maximum Gasteiger partial charge on any atom is 0.0107 e. The number of unbranched alkanes of at least 4 members (excludes halogenated alkanes) is 2. The van der Waals surface area contributed by atoms with Gasteiger partial charge in [-0.05, 0) is 44.3 Å². The summed E-state index contributed by atoms with van der Waals surface area (Å²) in [6.07, 6.45) is 6.75. The van der Waals surface area contributed by atoms with Gasteiger partial charge in [0.2, 0.25) is 0 Å². The van der Waals surface area contributed by atoms with Crippen LogP contribution in [0, 0.1) is 5.41 Å². The summed E-state index contributed by atoms with van der Waals surface area (Å²) in [6.45, 7) is 13.3. The molecule has 0 radical (unpaired) electrons. The van der Waals surface area contributed by atoms with Gasteiger partial charge in [0.05, 0.1) is 0 Å². The highest BCUT2D eigenvalue weighted by atomic mass is 15.1. The van der Waals surface area contributed by atoms with E-state index in [0.717, 1.165) is 0 Å². The fraction of sp³-hybridized carbons (Fsp3) is 1.00. The molecule has 0 unspecified atom stereocenters. The normalized spacial score (nSPS) is 21.2. The quantitative estimate of drug-likeness (QED) is 0.672. The monoisotopic (exact) mass is 226 g/mol. The van der Waals surface area contributed by atoms with Crippen molar-refractivity contribution >= 4 is 0 Å². The van der Waals surface area contributed by atoms with Crippen LogP contribution in [0.5, 0.6) is 0 Å². The Morgan fingerprint density at radius 2 is 1.75 bits per heavy atom. The van der Waals surface area contributed by atoms with Gasteiger partial charge in [0, 0.05) is 13.1 Å². The molecule has 1 fully saturated rings. The molecule has 1 rings (SSSR count). The summed E-state index contributed by atoms with van der Waals surface area (Å²) in [4.78, 5) is 2.61. The van der Waals surface area contributed by atoms with Crippen LogP contribution in [0.3, 0.4) is 0 Å². The summed E-state index contributed by atoms with van der Waals surface area (Å²) in [6, 6.07) is 0. The van der Waals surface area contributed by atoms with Crippen molar-refractivity contribution in [1.82, 2.24) is 10.2 Å². The van der Waals surface area contributed by atoms with Crippen LogP contribution in [0.15, 0.2) is 0 Å². The molecular formula is C14H30N2. The van der Waals surface area contributed by atoms with Crippen molar-refractivity contribution in [1.29, 1.82) is 0 Å². The van der Waals surface area contributed by atoms with Crippen molar-refractivity contribution in [3.8, 4) is 0 Å². The largest absolute Gasteiger partial charge is 0.315 e. The molecule has 0 aromatic carbocycles. The minimum atomic E-state index is 0.588. The third-order valence-electron chi connectivity index (χ3n) is 3.77. The van der Waals surface area contributed by atoms with Crippen LogP contribution in [0.1, 0.15) is 52.9 Å². The van der Waals surface area contributed by atoms with Crippen molar-refractivity contribution in [2.75, 3.05) is 32.7 Å². The van der Waals surface area contributed by atoms with E-state index in [9.17, 15) is 0 Å². The number of rotatable bonds is 7. The lowest BCUT2D eigenvalue weighted by Crippen LogP contribution is -2.40. The summed E-state index contributed by atoms with van der Waals surface area (Å²) in [5.74, 6) is 0. The summed E-state index contributed by atoms with van der Waals surface area (Å²) >= 11 is 0. The first-order valence-electron chi connectivity index (χ1n) is 7.07. The zero-order chi connectivity index (χ0) is 11.9. The van der Waals surface area contributed by atoms with Gasteiger partial charge in [0.1, 0.15) is 0 Å². The summed E-state index contributed by atoms with van der Waals surface area (Å²) in [5.41, 5.74) is 0.588. The van der Waals surface area contributed by atoms with E-state index >= 15 is 0 Å². The maximum absolute atomic E-state index is 3.55. The predicted octanol–water partition coefficient (Wildman–Crippen LogP) is 2.89. The van der Waals surface area contributed by atoms with Crippen LogP contribution in [-0.2, 0) is 0 Å². The number of likely N-dealkylation sites (tertiary alicyclic amines) is 1. The Balaban J connectivity index is 1.94. The minimum Gasteiger partial charge on any atom is -0.315 e. The lowest BCUT2D eigenvalue weighted by molar-refractivity contribution is 0.133. The van der Waals surface area contributed by atoms with Gasteiger partial charge in [-0.3, -0.25) is 0 Å². The van der Waals surface area contributed by atoms with Gasteiger partial charge < -0.3 is 10.2 Å². The smallest absolute Gasteiger partial charge is 0.0107 e. The van der Waals surface area contributed by atoms with Crippen LogP contribution in [0.25, 0.3) is 0 Å². The fourth-order valence-corrected chi connectivity index (χ4v) is 2.24. The van der Waals surface area contributed by atoms with Crippen LogP contribution in [0.2, 0.25) is 0 Å². The SMILES string of the molecule is CCCCCNCCN1CCC(C)(C)CC1. The molecular weight excluding hydrogens is 196 g/mol. The first-order valence-corrected chi connectivity index (χ1v) is 7.07. The van der Waals surface area contributed by atoms with Crippen LogP contribution < -0.4 is 5.32 Å². The van der Waals surface area contributed by atoms with E-state index in [1.165, 1.54) is 64.8 Å². The van der Waals surface area contributed by atoms with E-state index in [1.807, 2.05) is 0 Å². The molecule has 0 aliphatic carbocycles. The minimum absolute atomic E-state index is 0.588. The molecule has 0 atom stereocenters. The summed E-state index contributed by atoms with van der Waals surface area (Å²) < 4.78 is 0. The van der Waals surface area contributed by atoms with Crippen LogP contribution in [0.4, 0.5) is 0 Å². The molecule has 0 aromatic heterocycles. The van der Waals surface area contributed by atoms with Gasteiger partial charge in [0.15, 0.2) is 0 Å². The topological polar surface area (TPSA) is 15.3 Å². The molecule has 96 valence electrons. The highest BCUT2D eigenvalue weighted by Crippen LogP contribution is 2.29. The average Bonchev–Trinajstić information content (AvgIpc) is 2.25. The molecule has 1 aliphatic heterocycles. The van der Waals surface area contributed by atoms with Crippen LogP contribution in [-0.4, -0.2) is 37.6 Å². The number of nitrogens with zero attached hydrogens (tertiary/aromatic N) is 1. The van der Waals surface area contributed by atoms with E-state index in [1.54, 1.807) is 0 Å². The molecule has 2 nitrogen and oxygen atoms in total. The third kappa shape index (κ3) is 5.86. The highest BCUT2D eigenvalue weighted by Gasteiger charge is 2.24. The Morgan fingerprint density at radius 1 is 1.06 bits per heavy atom. The van der Waals surface area contributed by atoms with Gasteiger partial charge in [-0.15, -0.1) is 0 Å². The fourth-order valence-electron chi connectivity index (χ4n) is 2.24. The van der Waals surface area contributed by atoms with Gasteiger partial charge >= 0.3 is 0 Å². The van der Waals surface area contributed by atoms with Crippen molar-refractivity contribution in [3.05, 3.63) is 0 Å². The summed E-state index contributed by atoms with van der Waals surface area (Å²) in [5, 5.41) is 3.55. The van der Waals surface area contributed by atoms with E-state index in [-0.39, 0.29) is 0 Å². The zero-order valence-electron chi connectivity index (χ0n) is 11.5. The lowest BCUT2D eigenvalue weighted by atomic mass is 9.83. The van der Waals surface area contributed by atoms with Gasteiger partial charge in [-0.2, -0.15) is 0 Å². The molecule has 0 saturated carbocycles. The maximum atomic E-state index is 3.55. The molecule has 2 heteroatoms. The standard InChI is InChI=1S/C14H30N2/c1-4-5-6-9-15-10-13-16-11-7-14(2,3)8-12-16/h15H,4-13H2,1-3H3. The van der Waals surface area contributed by atoms with E-state index in [4.69, 9.17) is 0 Å². The van der Waals surface area contributed by atoms with Crippen molar-refractivity contribution < 1.29 is 0 Å². The van der Waals surface area contributed by atoms with Crippen molar-refractivity contribution in [2.45, 2.75) is 52.9 Å². The molecule has 0 spiro atoms. The van der Waals surface area contributed by atoms with Crippen LogP contribution >= 0.6 is 0 Å². The summed E-state index contributed by atoms with van der Waals surface area (Å²) in [7, 11) is 0. The first-order chi connectivity index (χ1) is 7.64. The second-order valence-corrected chi connectivity index (χ2v) is 5.96. The van der Waals surface area contributed by atoms with Crippen molar-refractivity contribution in [3.63, 3.8) is 0 Å². The van der Waals surface area contributed by atoms with Gasteiger partial charge in [-0.25, -0.2) is 0 Å². The molecule has 0 amide bonds. The second-order valence-electron chi connectivity index (χ2n) is 5.96. The molecule has 16 heavy (non-hydrogen) atoms. The molecule has 1 N–H and O–H groups in total. The molecule has 1 aliphatic rings. The first kappa shape index (κ1) is 14.0. The Morgan fingerprint density at radius 3 is 2.38 bits per heavy atom. The van der Waals surface area contributed by atoms with E-state index < -0.39 is 0 Å². The second kappa shape index (κ2) is 7.29. The Kier molecular flexibility index (Phi) is 6.37. The van der Waals surface area contributed by atoms with E-state index in [2.05, 4.69) is 31.0 Å². The average molecular weight is 226 g/mol. The zero-order valence-corrected chi connectivity index (χ0v) is 11.5. The highest BCUT2D eigenvalue weighted by molar-refractivity contribution is 4.78. The third-order valence-corrected chi connectivity index (χ3v) is 3.77.